The number of halogens is 2. The highest BCUT2D eigenvalue weighted by atomic mass is 35.5. The summed E-state index contributed by atoms with van der Waals surface area (Å²) in [5, 5.41) is 0. The van der Waals surface area contributed by atoms with E-state index in [1.807, 2.05) is 97.9 Å². The Bertz CT molecular complexity index is 1240. The predicted molar refractivity (Wildman–Crippen MR) is 151 cm³/mol. The van der Waals surface area contributed by atoms with Gasteiger partial charge in [-0.1, -0.05) is 84.9 Å². The van der Waals surface area contributed by atoms with Crippen molar-refractivity contribution in [1.29, 1.82) is 0 Å². The number of benzene rings is 3. The molecule has 0 aliphatic rings. The Balaban J connectivity index is 0.000000524. The third-order valence-corrected chi connectivity index (χ3v) is 5.25. The lowest BCUT2D eigenvalue weighted by atomic mass is 10.1. The Labute approximate surface area is 219 Å². The molecular weight excluding hydrogens is 479 g/mol. The summed E-state index contributed by atoms with van der Waals surface area (Å²) in [7, 11) is 0. The zero-order valence-corrected chi connectivity index (χ0v) is 21.3. The van der Waals surface area contributed by atoms with Crippen LogP contribution in [-0.4, -0.2) is 10.4 Å². The molecule has 0 fully saturated rings. The van der Waals surface area contributed by atoms with E-state index in [0.717, 1.165) is 16.7 Å². The molecule has 1 heterocycles. The molecule has 0 radical (unpaired) electrons. The number of nitrogens with zero attached hydrogens (tertiary/aromatic N) is 2. The van der Waals surface area contributed by atoms with Gasteiger partial charge in [0.15, 0.2) is 0 Å². The third-order valence-electron chi connectivity index (χ3n) is 5.25. The highest BCUT2D eigenvalue weighted by Crippen LogP contribution is 2.08. The van der Waals surface area contributed by atoms with E-state index in [2.05, 4.69) is 4.99 Å². The maximum Gasteiger partial charge on any atom is 0.261 e. The molecule has 35 heavy (non-hydrogen) atoms. The fourth-order valence-electron chi connectivity index (χ4n) is 3.29. The maximum absolute atomic E-state index is 12.7. The van der Waals surface area contributed by atoms with Crippen molar-refractivity contribution < 1.29 is 0 Å². The van der Waals surface area contributed by atoms with E-state index in [9.17, 15) is 4.79 Å². The Morgan fingerprint density at radius 3 is 1.94 bits per heavy atom. The number of pyridine rings is 1. The Morgan fingerprint density at radius 1 is 0.800 bits per heavy atom. The van der Waals surface area contributed by atoms with Gasteiger partial charge in [-0.05, 0) is 41.3 Å². The summed E-state index contributed by atoms with van der Waals surface area (Å²) in [6.07, 6.45) is 1.78. The summed E-state index contributed by atoms with van der Waals surface area (Å²) < 4.78 is 1.67. The fourth-order valence-corrected chi connectivity index (χ4v) is 3.29. The van der Waals surface area contributed by atoms with Crippen molar-refractivity contribution in [2.75, 3.05) is 0 Å². The normalized spacial score (nSPS) is 10.3. The molecule has 184 valence electrons. The first-order valence-electron chi connectivity index (χ1n) is 10.9. The van der Waals surface area contributed by atoms with Gasteiger partial charge in [0, 0.05) is 12.7 Å². The number of hydrogen-bond acceptors (Lipinski definition) is 3. The second-order valence-corrected chi connectivity index (χ2v) is 7.66. The number of aromatic nitrogens is 1. The summed E-state index contributed by atoms with van der Waals surface area (Å²) in [4.78, 5) is 17.1. The predicted octanol–water partition coefficient (Wildman–Crippen LogP) is 5.10. The Kier molecular flexibility index (Phi) is 13.1. The van der Waals surface area contributed by atoms with Gasteiger partial charge in [-0.3, -0.25) is 9.79 Å². The molecule has 0 aliphatic heterocycles. The summed E-state index contributed by atoms with van der Waals surface area (Å²) >= 11 is 0. The zero-order chi connectivity index (χ0) is 23.5. The lowest BCUT2D eigenvalue weighted by Gasteiger charge is -2.10. The lowest BCUT2D eigenvalue weighted by Crippen LogP contribution is -2.30. The van der Waals surface area contributed by atoms with Crippen molar-refractivity contribution in [2.45, 2.75) is 26.6 Å². The van der Waals surface area contributed by atoms with Crippen LogP contribution in [-0.2, 0) is 19.6 Å². The maximum atomic E-state index is 12.7. The van der Waals surface area contributed by atoms with E-state index in [-0.39, 0.29) is 36.2 Å². The topological polar surface area (TPSA) is 86.4 Å². The summed E-state index contributed by atoms with van der Waals surface area (Å²) in [5.74, 6) is 0.271. The van der Waals surface area contributed by atoms with E-state index in [1.54, 1.807) is 16.8 Å². The fraction of sp³-hybridized carbons (Fsp3) is 0.143. The second kappa shape index (κ2) is 15.5. The molecule has 4 N–H and O–H groups in total. The molecule has 0 aliphatic carbocycles. The first-order valence-corrected chi connectivity index (χ1v) is 10.9. The Morgan fingerprint density at radius 2 is 1.37 bits per heavy atom. The molecule has 5 nitrogen and oxygen atoms in total. The molecule has 0 bridgehead atoms. The van der Waals surface area contributed by atoms with Gasteiger partial charge in [-0.2, -0.15) is 0 Å². The van der Waals surface area contributed by atoms with Crippen LogP contribution in [0.25, 0.3) is 0 Å². The number of rotatable bonds is 6. The minimum Gasteiger partial charge on any atom is -0.383 e. The summed E-state index contributed by atoms with van der Waals surface area (Å²) in [5.41, 5.74) is 16.2. The molecule has 4 rings (SSSR count). The number of hydrogen-bond donors (Lipinski definition) is 2. The molecule has 0 amide bonds. The van der Waals surface area contributed by atoms with Crippen molar-refractivity contribution >= 4 is 30.6 Å². The molecule has 4 aromatic rings. The van der Waals surface area contributed by atoms with Crippen LogP contribution in [0.1, 0.15) is 27.8 Å². The molecule has 0 unspecified atom stereocenters. The van der Waals surface area contributed by atoms with Gasteiger partial charge in [0.2, 0.25) is 0 Å². The van der Waals surface area contributed by atoms with Crippen LogP contribution in [0.15, 0.2) is 113 Å². The van der Waals surface area contributed by atoms with Gasteiger partial charge < -0.3 is 16.0 Å². The molecule has 7 heteroatoms. The number of aliphatic imine (C=N–C) groups is 1. The monoisotopic (exact) mass is 510 g/mol. The van der Waals surface area contributed by atoms with Crippen molar-refractivity contribution in [2.24, 2.45) is 16.5 Å². The molecule has 3 aromatic carbocycles. The minimum absolute atomic E-state index is 0. The molecule has 0 saturated carbocycles. The average Bonchev–Trinajstić information content (AvgIpc) is 2.86. The van der Waals surface area contributed by atoms with Crippen LogP contribution >= 0.6 is 24.8 Å². The minimum atomic E-state index is -0.125. The standard InChI is InChI=1S/C21H21N3O.C7H9N.2ClH/c1-16-8-5-6-11-18(16)15-24-13-7-12-19(21(24)25)20(22)23-14-17-9-3-2-4-10-17;8-6-7-4-2-1-3-5-7;;/h2-13H,14-15H2,1H3,(H2,22,23);1-5H,6,8H2;2*1H. The molecule has 1 aromatic heterocycles. The first kappa shape index (κ1) is 29.7. The van der Waals surface area contributed by atoms with Gasteiger partial charge in [0.25, 0.3) is 5.56 Å². The SMILES string of the molecule is Cc1ccccc1Cn1cccc(C(N)=NCc2ccccc2)c1=O.Cl.Cl.NCc1ccccc1. The number of aryl methyl sites for hydroxylation is 1. The van der Waals surface area contributed by atoms with Crippen molar-refractivity contribution in [3.63, 3.8) is 0 Å². The van der Waals surface area contributed by atoms with E-state index in [1.165, 1.54) is 5.56 Å². The number of amidine groups is 1. The van der Waals surface area contributed by atoms with Gasteiger partial charge in [-0.15, -0.1) is 24.8 Å². The van der Waals surface area contributed by atoms with Crippen LogP contribution in [0.5, 0.6) is 0 Å². The lowest BCUT2D eigenvalue weighted by molar-refractivity contribution is 0.753. The van der Waals surface area contributed by atoms with Crippen LogP contribution in [0.3, 0.4) is 0 Å². The molecular formula is C28H32Cl2N4O. The average molecular weight is 511 g/mol. The second-order valence-electron chi connectivity index (χ2n) is 7.66. The van der Waals surface area contributed by atoms with Crippen LogP contribution in [0.2, 0.25) is 0 Å². The Hall–Kier alpha value is -3.38. The van der Waals surface area contributed by atoms with Crippen molar-refractivity contribution in [1.82, 2.24) is 4.57 Å². The first-order chi connectivity index (χ1) is 16.1. The van der Waals surface area contributed by atoms with Crippen molar-refractivity contribution in [3.05, 3.63) is 141 Å². The van der Waals surface area contributed by atoms with E-state index in [0.29, 0.717) is 25.2 Å². The third kappa shape index (κ3) is 9.06. The number of nitrogens with two attached hydrogens (primary N) is 2. The molecule has 0 spiro atoms. The van der Waals surface area contributed by atoms with Crippen LogP contribution < -0.4 is 17.0 Å². The van der Waals surface area contributed by atoms with Crippen molar-refractivity contribution in [3.8, 4) is 0 Å². The van der Waals surface area contributed by atoms with Crippen LogP contribution in [0.4, 0.5) is 0 Å². The largest absolute Gasteiger partial charge is 0.383 e. The zero-order valence-electron chi connectivity index (χ0n) is 19.7. The highest BCUT2D eigenvalue weighted by molar-refractivity contribution is 5.97. The smallest absolute Gasteiger partial charge is 0.261 e. The van der Waals surface area contributed by atoms with Gasteiger partial charge in [-0.25, -0.2) is 0 Å². The van der Waals surface area contributed by atoms with E-state index < -0.39 is 0 Å². The van der Waals surface area contributed by atoms with Gasteiger partial charge >= 0.3 is 0 Å². The highest BCUT2D eigenvalue weighted by Gasteiger charge is 2.08. The summed E-state index contributed by atoms with van der Waals surface area (Å²) in [6.45, 7) is 3.66. The van der Waals surface area contributed by atoms with Gasteiger partial charge in [0.1, 0.15) is 5.84 Å². The quantitative estimate of drug-likeness (QED) is 0.279. The molecule has 0 saturated heterocycles. The van der Waals surface area contributed by atoms with E-state index >= 15 is 0 Å². The van der Waals surface area contributed by atoms with E-state index in [4.69, 9.17) is 11.5 Å². The molecule has 0 atom stereocenters. The van der Waals surface area contributed by atoms with Crippen LogP contribution in [0, 0.1) is 6.92 Å². The summed E-state index contributed by atoms with van der Waals surface area (Å²) in [6, 6.07) is 31.4. The van der Waals surface area contributed by atoms with Gasteiger partial charge in [0.05, 0.1) is 18.7 Å².